The van der Waals surface area contributed by atoms with Crippen molar-refractivity contribution in [3.05, 3.63) is 68.9 Å². The Bertz CT molecular complexity index is 574. The van der Waals surface area contributed by atoms with E-state index in [0.717, 1.165) is 10.0 Å². The van der Waals surface area contributed by atoms with Gasteiger partial charge in [0.2, 0.25) is 0 Å². The summed E-state index contributed by atoms with van der Waals surface area (Å²) in [5.41, 5.74) is 2.05. The summed E-state index contributed by atoms with van der Waals surface area (Å²) >= 11 is 9.19. The van der Waals surface area contributed by atoms with E-state index in [9.17, 15) is 4.39 Å². The van der Waals surface area contributed by atoms with Crippen molar-refractivity contribution in [1.82, 2.24) is 5.32 Å². The quantitative estimate of drug-likeness (QED) is 0.816. The van der Waals surface area contributed by atoms with Crippen LogP contribution < -0.4 is 5.32 Å². The highest BCUT2D eigenvalue weighted by Crippen LogP contribution is 2.23. The van der Waals surface area contributed by atoms with Gasteiger partial charge in [0.15, 0.2) is 0 Å². The van der Waals surface area contributed by atoms with E-state index in [1.807, 2.05) is 24.3 Å². The first-order valence-corrected chi connectivity index (χ1v) is 7.17. The Labute approximate surface area is 125 Å². The summed E-state index contributed by atoms with van der Waals surface area (Å²) in [6, 6.07) is 13.1. The lowest BCUT2D eigenvalue weighted by atomic mass is 10.1. The molecular formula is C15H14BrClFN. The molecule has 0 bridgehead atoms. The van der Waals surface area contributed by atoms with Crippen molar-refractivity contribution in [3.63, 3.8) is 0 Å². The molecule has 0 aliphatic rings. The van der Waals surface area contributed by atoms with Crippen LogP contribution in [0.4, 0.5) is 4.39 Å². The molecule has 0 aliphatic carbocycles. The Balaban J connectivity index is 2.02. The topological polar surface area (TPSA) is 12.0 Å². The van der Waals surface area contributed by atoms with Gasteiger partial charge in [0.05, 0.1) is 5.02 Å². The number of rotatable bonds is 4. The molecule has 4 heteroatoms. The summed E-state index contributed by atoms with van der Waals surface area (Å²) in [5.74, 6) is -0.380. The molecule has 0 fully saturated rings. The molecule has 19 heavy (non-hydrogen) atoms. The molecule has 1 nitrogen and oxygen atoms in total. The maximum Gasteiger partial charge on any atom is 0.142 e. The summed E-state index contributed by atoms with van der Waals surface area (Å²) in [7, 11) is 0. The van der Waals surface area contributed by atoms with E-state index in [1.54, 1.807) is 6.07 Å². The highest BCUT2D eigenvalue weighted by Gasteiger charge is 2.08. The van der Waals surface area contributed by atoms with Gasteiger partial charge in [-0.3, -0.25) is 0 Å². The largest absolute Gasteiger partial charge is 0.306 e. The summed E-state index contributed by atoms with van der Waals surface area (Å²) in [5, 5.41) is 3.52. The molecule has 0 heterocycles. The van der Waals surface area contributed by atoms with Crippen molar-refractivity contribution < 1.29 is 4.39 Å². The number of nitrogens with one attached hydrogen (secondary N) is 1. The maximum atomic E-state index is 13.3. The molecule has 2 aromatic rings. The number of halogens is 3. The SMILES string of the molecule is C[C@@H](NCc1ccc(Cl)c(F)c1)c1ccccc1Br. The maximum absolute atomic E-state index is 13.3. The second-order valence-electron chi connectivity index (χ2n) is 4.37. The van der Waals surface area contributed by atoms with Gasteiger partial charge in [-0.05, 0) is 36.2 Å². The summed E-state index contributed by atoms with van der Waals surface area (Å²) in [4.78, 5) is 0. The second kappa shape index (κ2) is 6.51. The lowest BCUT2D eigenvalue weighted by molar-refractivity contribution is 0.567. The minimum Gasteiger partial charge on any atom is -0.306 e. The summed E-state index contributed by atoms with van der Waals surface area (Å²) in [6.07, 6.45) is 0. The summed E-state index contributed by atoms with van der Waals surface area (Å²) in [6.45, 7) is 2.67. The zero-order chi connectivity index (χ0) is 13.8. The van der Waals surface area contributed by atoms with Gasteiger partial charge in [0, 0.05) is 17.1 Å². The average Bonchev–Trinajstić information content (AvgIpc) is 2.40. The van der Waals surface area contributed by atoms with Gasteiger partial charge < -0.3 is 5.32 Å². The van der Waals surface area contributed by atoms with Gasteiger partial charge in [-0.25, -0.2) is 4.39 Å². The lowest BCUT2D eigenvalue weighted by Crippen LogP contribution is -2.18. The van der Waals surface area contributed by atoms with Gasteiger partial charge in [0.25, 0.3) is 0 Å². The van der Waals surface area contributed by atoms with E-state index in [-0.39, 0.29) is 16.9 Å². The standard InChI is InChI=1S/C15H14BrClFN/c1-10(12-4-2-3-5-13(12)16)19-9-11-6-7-14(17)15(18)8-11/h2-8,10,19H,9H2,1H3/t10-/m1/s1. The van der Waals surface area contributed by atoms with Gasteiger partial charge >= 0.3 is 0 Å². The number of benzene rings is 2. The molecule has 0 unspecified atom stereocenters. The van der Waals surface area contributed by atoms with Crippen LogP contribution in [0.25, 0.3) is 0 Å². The van der Waals surface area contributed by atoms with E-state index in [4.69, 9.17) is 11.6 Å². The van der Waals surface area contributed by atoms with Gasteiger partial charge in [-0.2, -0.15) is 0 Å². The number of hydrogen-bond acceptors (Lipinski definition) is 1. The van der Waals surface area contributed by atoms with Crippen LogP contribution in [0.5, 0.6) is 0 Å². The fourth-order valence-electron chi connectivity index (χ4n) is 1.86. The van der Waals surface area contributed by atoms with Gasteiger partial charge in [0.1, 0.15) is 5.82 Å². The van der Waals surface area contributed by atoms with Crippen molar-refractivity contribution in [2.24, 2.45) is 0 Å². The third kappa shape index (κ3) is 3.78. The first kappa shape index (κ1) is 14.5. The Morgan fingerprint density at radius 1 is 1.26 bits per heavy atom. The molecule has 2 aromatic carbocycles. The fraction of sp³-hybridized carbons (Fsp3) is 0.200. The third-order valence-electron chi connectivity index (χ3n) is 2.97. The Morgan fingerprint density at radius 2 is 2.00 bits per heavy atom. The molecule has 100 valence electrons. The monoisotopic (exact) mass is 341 g/mol. The van der Waals surface area contributed by atoms with E-state index >= 15 is 0 Å². The van der Waals surface area contributed by atoms with Crippen LogP contribution in [0.2, 0.25) is 5.02 Å². The van der Waals surface area contributed by atoms with Crippen LogP contribution in [-0.2, 0) is 6.54 Å². The van der Waals surface area contributed by atoms with Crippen LogP contribution in [0.3, 0.4) is 0 Å². The molecule has 0 amide bonds. The Morgan fingerprint density at radius 3 is 2.68 bits per heavy atom. The van der Waals surface area contributed by atoms with E-state index in [2.05, 4.69) is 34.2 Å². The predicted molar refractivity (Wildman–Crippen MR) is 80.8 cm³/mol. The minimum atomic E-state index is -0.380. The van der Waals surface area contributed by atoms with E-state index in [0.29, 0.717) is 6.54 Å². The van der Waals surface area contributed by atoms with Crippen molar-refractivity contribution in [1.29, 1.82) is 0 Å². The van der Waals surface area contributed by atoms with Crippen LogP contribution in [-0.4, -0.2) is 0 Å². The first-order valence-electron chi connectivity index (χ1n) is 5.99. The van der Waals surface area contributed by atoms with Gasteiger partial charge in [-0.1, -0.05) is 51.8 Å². The minimum absolute atomic E-state index is 0.155. The normalized spacial score (nSPS) is 12.4. The van der Waals surface area contributed by atoms with E-state index < -0.39 is 0 Å². The Kier molecular flexibility index (Phi) is 4.97. The predicted octanol–water partition coefficient (Wildman–Crippen LogP) is 5.09. The molecule has 0 aromatic heterocycles. The highest BCUT2D eigenvalue weighted by atomic mass is 79.9. The fourth-order valence-corrected chi connectivity index (χ4v) is 2.60. The lowest BCUT2D eigenvalue weighted by Gasteiger charge is -2.16. The zero-order valence-corrected chi connectivity index (χ0v) is 12.8. The molecule has 0 aliphatic heterocycles. The molecule has 0 spiro atoms. The van der Waals surface area contributed by atoms with Crippen LogP contribution in [0.1, 0.15) is 24.1 Å². The third-order valence-corrected chi connectivity index (χ3v) is 4.00. The van der Waals surface area contributed by atoms with Crippen LogP contribution >= 0.6 is 27.5 Å². The van der Waals surface area contributed by atoms with Crippen LogP contribution in [0.15, 0.2) is 46.9 Å². The smallest absolute Gasteiger partial charge is 0.142 e. The van der Waals surface area contributed by atoms with Gasteiger partial charge in [-0.15, -0.1) is 0 Å². The molecule has 2 rings (SSSR count). The number of hydrogen-bond donors (Lipinski definition) is 1. The molecular weight excluding hydrogens is 329 g/mol. The first-order chi connectivity index (χ1) is 9.08. The molecule has 1 atom stereocenters. The van der Waals surface area contributed by atoms with Crippen molar-refractivity contribution in [2.75, 3.05) is 0 Å². The molecule has 0 saturated carbocycles. The average molecular weight is 343 g/mol. The van der Waals surface area contributed by atoms with Crippen molar-refractivity contribution in [3.8, 4) is 0 Å². The van der Waals surface area contributed by atoms with Crippen molar-refractivity contribution in [2.45, 2.75) is 19.5 Å². The highest BCUT2D eigenvalue weighted by molar-refractivity contribution is 9.10. The van der Waals surface area contributed by atoms with E-state index in [1.165, 1.54) is 11.6 Å². The van der Waals surface area contributed by atoms with Crippen molar-refractivity contribution >= 4 is 27.5 Å². The second-order valence-corrected chi connectivity index (χ2v) is 5.63. The summed E-state index contributed by atoms with van der Waals surface area (Å²) < 4.78 is 14.4. The molecule has 1 N–H and O–H groups in total. The molecule has 0 saturated heterocycles. The zero-order valence-electron chi connectivity index (χ0n) is 10.5. The molecule has 0 radical (unpaired) electrons. The van der Waals surface area contributed by atoms with Crippen LogP contribution in [0, 0.1) is 5.82 Å². The Hall–Kier alpha value is -0.900.